The largest absolute Gasteiger partial charge is 0.388 e. The van der Waals surface area contributed by atoms with E-state index in [1.807, 2.05) is 12.1 Å². The van der Waals surface area contributed by atoms with Gasteiger partial charge in [0.05, 0.1) is 12.5 Å². The first-order valence-electron chi connectivity index (χ1n) is 7.94. The van der Waals surface area contributed by atoms with Crippen molar-refractivity contribution in [3.8, 4) is 0 Å². The predicted molar refractivity (Wildman–Crippen MR) is 84.3 cm³/mol. The molecule has 0 bridgehead atoms. The Balaban J connectivity index is 1.36. The number of amides is 1. The summed E-state index contributed by atoms with van der Waals surface area (Å²) in [4.78, 5) is 12.1. The number of carbonyl (C=O) groups excluding carboxylic acids is 1. The molecule has 2 aliphatic rings. The van der Waals surface area contributed by atoms with Gasteiger partial charge in [-0.15, -0.1) is 0 Å². The van der Waals surface area contributed by atoms with Crippen LogP contribution in [0.5, 0.6) is 0 Å². The number of aliphatic hydroxyl groups is 1. The van der Waals surface area contributed by atoms with Crippen molar-refractivity contribution < 1.29 is 14.3 Å². The first kappa shape index (κ1) is 14.4. The maximum Gasteiger partial charge on any atom is 0.223 e. The molecule has 2 aromatic carbocycles. The highest BCUT2D eigenvalue weighted by atomic mass is 19.1. The Morgan fingerprint density at radius 2 is 2.09 bits per heavy atom. The molecule has 3 nitrogen and oxygen atoms in total. The van der Waals surface area contributed by atoms with Crippen LogP contribution in [0.2, 0.25) is 0 Å². The van der Waals surface area contributed by atoms with Gasteiger partial charge in [-0.1, -0.05) is 36.4 Å². The Bertz CT molecular complexity index is 761. The molecule has 1 fully saturated rings. The number of halogens is 1. The van der Waals surface area contributed by atoms with Gasteiger partial charge in [0.15, 0.2) is 0 Å². The van der Waals surface area contributed by atoms with Gasteiger partial charge in [-0.05, 0) is 41.2 Å². The molecule has 2 N–H and O–H groups in total. The van der Waals surface area contributed by atoms with Crippen molar-refractivity contribution in [1.29, 1.82) is 0 Å². The molecule has 4 unspecified atom stereocenters. The van der Waals surface area contributed by atoms with Crippen molar-refractivity contribution in [2.75, 3.05) is 0 Å². The highest BCUT2D eigenvalue weighted by Gasteiger charge is 2.56. The minimum atomic E-state index is -0.975. The van der Waals surface area contributed by atoms with Crippen molar-refractivity contribution >= 4 is 5.91 Å². The van der Waals surface area contributed by atoms with Gasteiger partial charge in [-0.3, -0.25) is 4.79 Å². The Hall–Kier alpha value is -2.20. The van der Waals surface area contributed by atoms with Crippen LogP contribution in [0.4, 0.5) is 4.39 Å². The number of benzene rings is 2. The summed E-state index contributed by atoms with van der Waals surface area (Å²) in [5.74, 6) is 0.318. The first-order valence-corrected chi connectivity index (χ1v) is 7.94. The third-order valence-corrected chi connectivity index (χ3v) is 4.98. The minimum Gasteiger partial charge on any atom is -0.388 e. The molecule has 4 rings (SSSR count). The second kappa shape index (κ2) is 5.46. The van der Waals surface area contributed by atoms with Crippen LogP contribution in [0.25, 0.3) is 0 Å². The van der Waals surface area contributed by atoms with Crippen LogP contribution >= 0.6 is 0 Å². The highest BCUT2D eigenvalue weighted by Crippen LogP contribution is 2.56. The van der Waals surface area contributed by atoms with Crippen LogP contribution in [-0.4, -0.2) is 17.1 Å². The topological polar surface area (TPSA) is 49.3 Å². The number of nitrogens with one attached hydrogen (secondary N) is 1. The summed E-state index contributed by atoms with van der Waals surface area (Å²) in [5.41, 5.74) is 3.16. The zero-order valence-corrected chi connectivity index (χ0v) is 12.6. The van der Waals surface area contributed by atoms with Gasteiger partial charge >= 0.3 is 0 Å². The van der Waals surface area contributed by atoms with Crippen LogP contribution in [0.15, 0.2) is 48.5 Å². The lowest BCUT2D eigenvalue weighted by Gasteiger charge is -2.13. The lowest BCUT2D eigenvalue weighted by atomic mass is 10.0. The molecule has 0 radical (unpaired) electrons. The lowest BCUT2D eigenvalue weighted by Crippen LogP contribution is -2.29. The van der Waals surface area contributed by atoms with Gasteiger partial charge in [0.2, 0.25) is 5.91 Å². The quantitative estimate of drug-likeness (QED) is 0.912. The van der Waals surface area contributed by atoms with Gasteiger partial charge < -0.3 is 10.4 Å². The van der Waals surface area contributed by atoms with Crippen LogP contribution in [0.1, 0.15) is 35.1 Å². The zero-order valence-electron chi connectivity index (χ0n) is 12.6. The fourth-order valence-corrected chi connectivity index (χ4v) is 3.80. The Labute approximate surface area is 134 Å². The molecule has 0 aliphatic heterocycles. The molecule has 0 aromatic heterocycles. The summed E-state index contributed by atoms with van der Waals surface area (Å²) >= 11 is 0. The molecule has 4 heteroatoms. The maximum atomic E-state index is 13.2. The van der Waals surface area contributed by atoms with Gasteiger partial charge in [0.25, 0.3) is 0 Å². The molecule has 1 saturated carbocycles. The molecule has 0 heterocycles. The molecular weight excluding hydrogens is 293 g/mol. The summed E-state index contributed by atoms with van der Waals surface area (Å²) in [6, 6.07) is 14.3. The van der Waals surface area contributed by atoms with Gasteiger partial charge in [-0.2, -0.15) is 0 Å². The van der Waals surface area contributed by atoms with E-state index in [-0.39, 0.29) is 18.4 Å². The lowest BCUT2D eigenvalue weighted by molar-refractivity contribution is -0.123. The predicted octanol–water partition coefficient (Wildman–Crippen LogP) is 2.70. The molecule has 1 amide bonds. The van der Waals surface area contributed by atoms with E-state index < -0.39 is 11.9 Å². The van der Waals surface area contributed by atoms with E-state index in [0.29, 0.717) is 17.4 Å². The van der Waals surface area contributed by atoms with Gasteiger partial charge in [0.1, 0.15) is 5.82 Å². The summed E-state index contributed by atoms with van der Waals surface area (Å²) in [7, 11) is 0. The Morgan fingerprint density at radius 1 is 1.26 bits per heavy atom. The van der Waals surface area contributed by atoms with Crippen molar-refractivity contribution in [3.05, 3.63) is 71.0 Å². The average Bonchev–Trinajstić information content (AvgIpc) is 3.04. The second-order valence-electron chi connectivity index (χ2n) is 6.46. The average molecular weight is 311 g/mol. The highest BCUT2D eigenvalue weighted by molar-refractivity contribution is 5.78. The third kappa shape index (κ3) is 2.63. The number of hydrogen-bond donors (Lipinski definition) is 2. The summed E-state index contributed by atoms with van der Waals surface area (Å²) in [6.45, 7) is 0. The molecular formula is C19H18FNO2. The van der Waals surface area contributed by atoms with Crippen LogP contribution < -0.4 is 5.32 Å². The Kier molecular flexibility index (Phi) is 3.42. The Morgan fingerprint density at radius 3 is 2.91 bits per heavy atom. The van der Waals surface area contributed by atoms with Crippen LogP contribution in [-0.2, 0) is 11.2 Å². The molecule has 118 valence electrons. The van der Waals surface area contributed by atoms with E-state index in [0.717, 1.165) is 6.42 Å². The van der Waals surface area contributed by atoms with E-state index in [1.54, 1.807) is 6.07 Å². The number of hydrogen-bond acceptors (Lipinski definition) is 2. The first-order chi connectivity index (χ1) is 11.1. The number of rotatable bonds is 4. The van der Waals surface area contributed by atoms with E-state index in [9.17, 15) is 14.3 Å². The monoisotopic (exact) mass is 311 g/mol. The number of aliphatic hydroxyl groups excluding tert-OH is 1. The minimum absolute atomic E-state index is 0.0406. The van der Waals surface area contributed by atoms with Crippen LogP contribution in [0, 0.1) is 11.7 Å². The van der Waals surface area contributed by atoms with Gasteiger partial charge in [-0.25, -0.2) is 4.39 Å². The number of fused-ring (bicyclic) bond motifs is 3. The fraction of sp³-hybridized carbons (Fsp3) is 0.316. The zero-order chi connectivity index (χ0) is 16.0. The van der Waals surface area contributed by atoms with Crippen LogP contribution in [0.3, 0.4) is 0 Å². The molecule has 0 spiro atoms. The molecule has 2 aliphatic carbocycles. The van der Waals surface area contributed by atoms with Gasteiger partial charge in [0, 0.05) is 12.0 Å². The second-order valence-corrected chi connectivity index (χ2v) is 6.46. The fourth-order valence-electron chi connectivity index (χ4n) is 3.80. The molecule has 23 heavy (non-hydrogen) atoms. The summed E-state index contributed by atoms with van der Waals surface area (Å²) in [6.07, 6.45) is -0.00389. The van der Waals surface area contributed by atoms with Crippen molar-refractivity contribution in [1.82, 2.24) is 5.32 Å². The maximum absolute atomic E-state index is 13.2. The normalized spacial score (nSPS) is 25.4. The smallest absolute Gasteiger partial charge is 0.223 e. The number of carbonyl (C=O) groups is 1. The van der Waals surface area contributed by atoms with E-state index in [4.69, 9.17) is 0 Å². The van der Waals surface area contributed by atoms with E-state index in [2.05, 4.69) is 17.4 Å². The third-order valence-electron chi connectivity index (χ3n) is 4.98. The standard InChI is InChI=1S/C19H18FNO2/c20-13-6-3-5-12(8-13)16(22)10-17(23)21-19-15-9-11-4-1-2-7-14(11)18(15)19/h1-8,15-16,18-19,22H,9-10H2,(H,21,23). The SMILES string of the molecule is O=C(CC(O)c1cccc(F)c1)NC1C2Cc3ccccc3C21. The van der Waals surface area contributed by atoms with Crippen molar-refractivity contribution in [2.45, 2.75) is 30.9 Å². The molecule has 4 atom stereocenters. The summed E-state index contributed by atoms with van der Waals surface area (Å²) < 4.78 is 13.2. The summed E-state index contributed by atoms with van der Waals surface area (Å²) in [5, 5.41) is 13.1. The van der Waals surface area contributed by atoms with Crippen molar-refractivity contribution in [3.63, 3.8) is 0 Å². The van der Waals surface area contributed by atoms with E-state index >= 15 is 0 Å². The van der Waals surface area contributed by atoms with E-state index in [1.165, 1.54) is 29.3 Å². The molecule has 0 saturated heterocycles. The molecule has 2 aromatic rings. The van der Waals surface area contributed by atoms with Crippen molar-refractivity contribution in [2.24, 2.45) is 5.92 Å².